The third-order valence-corrected chi connectivity index (χ3v) is 3.83. The summed E-state index contributed by atoms with van der Waals surface area (Å²) in [5.41, 5.74) is -3.19. The first-order chi connectivity index (χ1) is 11.8. The maximum atomic E-state index is 12.3. The van der Waals surface area contributed by atoms with E-state index in [0.29, 0.717) is 17.8 Å². The van der Waals surface area contributed by atoms with Gasteiger partial charge in [-0.15, -0.1) is 0 Å². The Morgan fingerprint density at radius 2 is 1.44 bits per heavy atom. The summed E-state index contributed by atoms with van der Waals surface area (Å²) in [6.07, 6.45) is 0. The molecular formula is C17H15F3N2O2S. The Labute approximate surface area is 146 Å². The number of thioether (sulfide) groups is 1. The van der Waals surface area contributed by atoms with Gasteiger partial charge in [0.1, 0.15) is 0 Å². The summed E-state index contributed by atoms with van der Waals surface area (Å²) < 4.78 is 36.8. The number of amides is 2. The molecular weight excluding hydrogens is 353 g/mol. The van der Waals surface area contributed by atoms with Crippen molar-refractivity contribution in [3.8, 4) is 0 Å². The SMILES string of the molecule is CCNC(=O)c1ccc(NC(=O)c2ccc(SC(F)(F)F)cc2)cc1. The molecule has 25 heavy (non-hydrogen) atoms. The number of rotatable bonds is 5. The molecule has 0 spiro atoms. The van der Waals surface area contributed by atoms with E-state index in [0.717, 1.165) is 0 Å². The number of anilines is 1. The fraction of sp³-hybridized carbons (Fsp3) is 0.176. The predicted molar refractivity (Wildman–Crippen MR) is 90.8 cm³/mol. The highest BCUT2D eigenvalue weighted by Gasteiger charge is 2.29. The molecule has 0 saturated heterocycles. The fourth-order valence-electron chi connectivity index (χ4n) is 1.98. The molecule has 0 heterocycles. The number of alkyl halides is 3. The van der Waals surface area contributed by atoms with E-state index in [1.54, 1.807) is 24.3 Å². The minimum atomic E-state index is -4.37. The van der Waals surface area contributed by atoms with Crippen LogP contribution in [0.15, 0.2) is 53.4 Å². The molecule has 2 rings (SSSR count). The molecule has 0 aliphatic rings. The average molecular weight is 368 g/mol. The number of nitrogens with one attached hydrogen (secondary N) is 2. The van der Waals surface area contributed by atoms with Crippen LogP contribution < -0.4 is 10.6 Å². The lowest BCUT2D eigenvalue weighted by Gasteiger charge is -2.08. The molecule has 0 saturated carbocycles. The van der Waals surface area contributed by atoms with Crippen LogP contribution in [0.3, 0.4) is 0 Å². The van der Waals surface area contributed by atoms with Gasteiger partial charge >= 0.3 is 5.51 Å². The zero-order valence-electron chi connectivity index (χ0n) is 13.2. The molecule has 132 valence electrons. The van der Waals surface area contributed by atoms with E-state index in [9.17, 15) is 22.8 Å². The van der Waals surface area contributed by atoms with E-state index in [1.807, 2.05) is 6.92 Å². The highest BCUT2D eigenvalue weighted by Crippen LogP contribution is 2.36. The summed E-state index contributed by atoms with van der Waals surface area (Å²) >= 11 is -0.236. The van der Waals surface area contributed by atoms with Crippen molar-refractivity contribution in [1.29, 1.82) is 0 Å². The van der Waals surface area contributed by atoms with Gasteiger partial charge < -0.3 is 10.6 Å². The molecule has 0 aliphatic heterocycles. The third kappa shape index (κ3) is 5.82. The van der Waals surface area contributed by atoms with Crippen molar-refractivity contribution in [2.75, 3.05) is 11.9 Å². The zero-order valence-corrected chi connectivity index (χ0v) is 14.0. The van der Waals surface area contributed by atoms with Crippen LogP contribution in [0.5, 0.6) is 0 Å². The van der Waals surface area contributed by atoms with Gasteiger partial charge in [0.25, 0.3) is 11.8 Å². The quantitative estimate of drug-likeness (QED) is 0.774. The minimum Gasteiger partial charge on any atom is -0.352 e. The van der Waals surface area contributed by atoms with Crippen molar-refractivity contribution in [3.05, 3.63) is 59.7 Å². The minimum absolute atomic E-state index is 0.00957. The summed E-state index contributed by atoms with van der Waals surface area (Å²) in [4.78, 5) is 23.8. The average Bonchev–Trinajstić information content (AvgIpc) is 2.55. The van der Waals surface area contributed by atoms with Crippen molar-refractivity contribution in [2.45, 2.75) is 17.3 Å². The zero-order chi connectivity index (χ0) is 18.4. The molecule has 2 aromatic carbocycles. The first-order valence-corrected chi connectivity index (χ1v) is 8.15. The van der Waals surface area contributed by atoms with E-state index in [4.69, 9.17) is 0 Å². The van der Waals surface area contributed by atoms with Crippen LogP contribution in [0.25, 0.3) is 0 Å². The molecule has 2 aromatic rings. The van der Waals surface area contributed by atoms with Gasteiger partial charge in [0, 0.05) is 28.3 Å². The van der Waals surface area contributed by atoms with Crippen molar-refractivity contribution >= 4 is 29.3 Å². The molecule has 8 heteroatoms. The Balaban J connectivity index is 2.00. The van der Waals surface area contributed by atoms with E-state index >= 15 is 0 Å². The number of hydrogen-bond acceptors (Lipinski definition) is 3. The number of carbonyl (C=O) groups excluding carboxylic acids is 2. The van der Waals surface area contributed by atoms with E-state index < -0.39 is 11.4 Å². The molecule has 4 nitrogen and oxygen atoms in total. The van der Waals surface area contributed by atoms with Crippen LogP contribution in [0, 0.1) is 0 Å². The summed E-state index contributed by atoms with van der Waals surface area (Å²) in [5.74, 6) is -0.660. The predicted octanol–water partition coefficient (Wildman–Crippen LogP) is 4.30. The highest BCUT2D eigenvalue weighted by molar-refractivity contribution is 8.00. The van der Waals surface area contributed by atoms with Crippen LogP contribution in [-0.4, -0.2) is 23.9 Å². The largest absolute Gasteiger partial charge is 0.446 e. The number of carbonyl (C=O) groups is 2. The Morgan fingerprint density at radius 1 is 0.920 bits per heavy atom. The molecule has 0 aliphatic carbocycles. The van der Waals surface area contributed by atoms with Crippen LogP contribution in [-0.2, 0) is 0 Å². The first-order valence-electron chi connectivity index (χ1n) is 7.34. The second kappa shape index (κ2) is 8.06. The van der Waals surface area contributed by atoms with Crippen molar-refractivity contribution in [1.82, 2.24) is 5.32 Å². The fourth-order valence-corrected chi connectivity index (χ4v) is 2.52. The molecule has 2 N–H and O–H groups in total. The van der Waals surface area contributed by atoms with Gasteiger partial charge in [0.2, 0.25) is 0 Å². The van der Waals surface area contributed by atoms with Crippen molar-refractivity contribution in [2.24, 2.45) is 0 Å². The topological polar surface area (TPSA) is 58.2 Å². The first kappa shape index (κ1) is 18.9. The Bertz CT molecular complexity index is 744. The summed E-state index contributed by atoms with van der Waals surface area (Å²) in [7, 11) is 0. The van der Waals surface area contributed by atoms with Gasteiger partial charge in [-0.05, 0) is 67.2 Å². The smallest absolute Gasteiger partial charge is 0.352 e. The number of halogens is 3. The Kier molecular flexibility index (Phi) is 6.08. The molecule has 0 atom stereocenters. The van der Waals surface area contributed by atoms with Gasteiger partial charge in [-0.1, -0.05) is 0 Å². The maximum Gasteiger partial charge on any atom is 0.446 e. The van der Waals surface area contributed by atoms with E-state index in [1.165, 1.54) is 24.3 Å². The lowest BCUT2D eigenvalue weighted by Crippen LogP contribution is -2.22. The Hall–Kier alpha value is -2.48. The standard InChI is InChI=1S/C17H15F3N2O2S/c1-2-21-15(23)11-3-7-13(8-4-11)22-16(24)12-5-9-14(10-6-12)25-17(18,19)20/h3-10H,2H2,1H3,(H,21,23)(H,22,24). The highest BCUT2D eigenvalue weighted by atomic mass is 32.2. The van der Waals surface area contributed by atoms with Gasteiger partial charge in [-0.25, -0.2) is 0 Å². The summed E-state index contributed by atoms with van der Waals surface area (Å²) in [5, 5.41) is 5.29. The maximum absolute atomic E-state index is 12.3. The van der Waals surface area contributed by atoms with Crippen LogP contribution in [0.4, 0.5) is 18.9 Å². The monoisotopic (exact) mass is 368 g/mol. The summed E-state index contributed by atoms with van der Waals surface area (Å²) in [6.45, 7) is 2.32. The van der Waals surface area contributed by atoms with E-state index in [-0.39, 0.29) is 28.1 Å². The van der Waals surface area contributed by atoms with Crippen LogP contribution >= 0.6 is 11.8 Å². The van der Waals surface area contributed by atoms with Crippen LogP contribution in [0.2, 0.25) is 0 Å². The van der Waals surface area contributed by atoms with Gasteiger partial charge in [-0.3, -0.25) is 9.59 Å². The number of benzene rings is 2. The molecule has 0 unspecified atom stereocenters. The summed E-state index contributed by atoms with van der Waals surface area (Å²) in [6, 6.07) is 11.4. The van der Waals surface area contributed by atoms with Crippen molar-refractivity contribution in [3.63, 3.8) is 0 Å². The molecule has 2 amide bonds. The normalized spacial score (nSPS) is 11.0. The van der Waals surface area contributed by atoms with Gasteiger partial charge in [0.15, 0.2) is 0 Å². The second-order valence-electron chi connectivity index (χ2n) is 4.96. The lowest BCUT2D eigenvalue weighted by atomic mass is 10.1. The Morgan fingerprint density at radius 3 is 1.96 bits per heavy atom. The van der Waals surface area contributed by atoms with E-state index in [2.05, 4.69) is 10.6 Å². The molecule has 0 bridgehead atoms. The van der Waals surface area contributed by atoms with Crippen molar-refractivity contribution < 1.29 is 22.8 Å². The number of hydrogen-bond donors (Lipinski definition) is 2. The molecule has 0 radical (unpaired) electrons. The lowest BCUT2D eigenvalue weighted by molar-refractivity contribution is -0.0328. The molecule has 0 fully saturated rings. The second-order valence-corrected chi connectivity index (χ2v) is 6.10. The van der Waals surface area contributed by atoms with Gasteiger partial charge in [0.05, 0.1) is 0 Å². The third-order valence-electron chi connectivity index (χ3n) is 3.09. The molecule has 0 aromatic heterocycles. The van der Waals surface area contributed by atoms with Gasteiger partial charge in [-0.2, -0.15) is 13.2 Å². The van der Waals surface area contributed by atoms with Crippen LogP contribution in [0.1, 0.15) is 27.6 Å².